The van der Waals surface area contributed by atoms with E-state index in [4.69, 9.17) is 22.1 Å². The minimum atomic E-state index is -0.408. The number of halogens is 2. The molecular formula is C14H21ClFNO. The van der Waals surface area contributed by atoms with Crippen LogP contribution in [0.4, 0.5) is 4.39 Å². The van der Waals surface area contributed by atoms with Gasteiger partial charge in [0, 0.05) is 18.2 Å². The van der Waals surface area contributed by atoms with Gasteiger partial charge in [-0.1, -0.05) is 25.4 Å². The Balaban J connectivity index is 2.92. The maximum Gasteiger partial charge on any atom is 0.126 e. The smallest absolute Gasteiger partial charge is 0.126 e. The molecule has 1 aromatic rings. The normalized spacial score (nSPS) is 13.7. The Bertz CT molecular complexity index is 385. The quantitative estimate of drug-likeness (QED) is 0.860. The molecule has 1 aromatic carbocycles. The molecule has 0 spiro atoms. The van der Waals surface area contributed by atoms with Gasteiger partial charge in [0.25, 0.3) is 0 Å². The van der Waals surface area contributed by atoms with Crippen molar-refractivity contribution in [2.24, 2.45) is 5.73 Å². The largest absolute Gasteiger partial charge is 0.377 e. The van der Waals surface area contributed by atoms with Gasteiger partial charge in [0.1, 0.15) is 5.82 Å². The van der Waals surface area contributed by atoms with Crippen molar-refractivity contribution < 1.29 is 9.13 Å². The van der Waals surface area contributed by atoms with E-state index in [1.165, 1.54) is 12.1 Å². The summed E-state index contributed by atoms with van der Waals surface area (Å²) in [5.74, 6) is -0.271. The SMILES string of the molecule is CCC(CC)(OC)C(N)Cc1cc(Cl)ccc1F. The minimum absolute atomic E-state index is 0.259. The minimum Gasteiger partial charge on any atom is -0.377 e. The second-order valence-corrected chi connectivity index (χ2v) is 4.96. The van der Waals surface area contributed by atoms with Gasteiger partial charge in [-0.2, -0.15) is 0 Å². The van der Waals surface area contributed by atoms with Crippen LogP contribution in [0.1, 0.15) is 32.3 Å². The molecule has 0 aliphatic rings. The van der Waals surface area contributed by atoms with E-state index in [1.807, 2.05) is 13.8 Å². The molecule has 0 aliphatic carbocycles. The lowest BCUT2D eigenvalue weighted by Gasteiger charge is -2.36. The summed E-state index contributed by atoms with van der Waals surface area (Å²) >= 11 is 5.88. The van der Waals surface area contributed by atoms with Crippen molar-refractivity contribution in [2.75, 3.05) is 7.11 Å². The molecule has 2 N–H and O–H groups in total. The van der Waals surface area contributed by atoms with Gasteiger partial charge in [-0.05, 0) is 43.0 Å². The molecule has 102 valence electrons. The van der Waals surface area contributed by atoms with Crippen LogP contribution in [-0.4, -0.2) is 18.8 Å². The third-order valence-electron chi connectivity index (χ3n) is 3.73. The highest BCUT2D eigenvalue weighted by Crippen LogP contribution is 2.26. The van der Waals surface area contributed by atoms with E-state index >= 15 is 0 Å². The highest BCUT2D eigenvalue weighted by molar-refractivity contribution is 6.30. The molecule has 0 saturated carbocycles. The fraction of sp³-hybridized carbons (Fsp3) is 0.571. The number of rotatable bonds is 6. The zero-order valence-electron chi connectivity index (χ0n) is 11.2. The molecule has 0 heterocycles. The van der Waals surface area contributed by atoms with Gasteiger partial charge in [-0.15, -0.1) is 0 Å². The summed E-state index contributed by atoms with van der Waals surface area (Å²) in [5, 5.41) is 0.523. The number of hydrogen-bond acceptors (Lipinski definition) is 2. The summed E-state index contributed by atoms with van der Waals surface area (Å²) in [6.45, 7) is 4.06. The van der Waals surface area contributed by atoms with Crippen molar-refractivity contribution in [3.8, 4) is 0 Å². The topological polar surface area (TPSA) is 35.2 Å². The number of hydrogen-bond donors (Lipinski definition) is 1. The molecule has 18 heavy (non-hydrogen) atoms. The molecule has 0 fully saturated rings. The predicted octanol–water partition coefficient (Wildman–Crippen LogP) is 3.55. The standard InChI is InChI=1S/C14H21ClFNO/c1-4-14(5-2,18-3)13(17)9-10-8-11(15)6-7-12(10)16/h6-8,13H,4-5,9,17H2,1-3H3. The lowest BCUT2D eigenvalue weighted by molar-refractivity contribution is -0.0375. The van der Waals surface area contributed by atoms with Gasteiger partial charge in [0.15, 0.2) is 0 Å². The van der Waals surface area contributed by atoms with E-state index in [9.17, 15) is 4.39 Å². The summed E-state index contributed by atoms with van der Waals surface area (Å²) in [6, 6.07) is 4.28. The van der Waals surface area contributed by atoms with E-state index in [0.717, 1.165) is 12.8 Å². The second-order valence-electron chi connectivity index (χ2n) is 4.52. The fourth-order valence-corrected chi connectivity index (χ4v) is 2.53. The third kappa shape index (κ3) is 3.22. The highest BCUT2D eigenvalue weighted by Gasteiger charge is 2.33. The summed E-state index contributed by atoms with van der Waals surface area (Å²) < 4.78 is 19.2. The highest BCUT2D eigenvalue weighted by atomic mass is 35.5. The van der Waals surface area contributed by atoms with E-state index in [0.29, 0.717) is 17.0 Å². The van der Waals surface area contributed by atoms with Gasteiger partial charge in [0.2, 0.25) is 0 Å². The van der Waals surface area contributed by atoms with Crippen molar-refractivity contribution >= 4 is 11.6 Å². The monoisotopic (exact) mass is 273 g/mol. The van der Waals surface area contributed by atoms with Gasteiger partial charge in [-0.25, -0.2) is 4.39 Å². The van der Waals surface area contributed by atoms with Crippen molar-refractivity contribution in [3.63, 3.8) is 0 Å². The van der Waals surface area contributed by atoms with Crippen LogP contribution in [0.2, 0.25) is 5.02 Å². The Labute approximate surface area is 113 Å². The van der Waals surface area contributed by atoms with Crippen LogP contribution >= 0.6 is 11.6 Å². The average molecular weight is 274 g/mol. The van der Waals surface area contributed by atoms with Crippen LogP contribution in [0.5, 0.6) is 0 Å². The van der Waals surface area contributed by atoms with Crippen molar-refractivity contribution in [2.45, 2.75) is 44.8 Å². The van der Waals surface area contributed by atoms with Crippen molar-refractivity contribution in [1.82, 2.24) is 0 Å². The van der Waals surface area contributed by atoms with E-state index < -0.39 is 5.60 Å². The Morgan fingerprint density at radius 1 is 1.39 bits per heavy atom. The number of nitrogens with two attached hydrogens (primary N) is 1. The molecule has 0 amide bonds. The first-order valence-electron chi connectivity index (χ1n) is 6.23. The van der Waals surface area contributed by atoms with Crippen molar-refractivity contribution in [3.05, 3.63) is 34.6 Å². The van der Waals surface area contributed by atoms with Crippen LogP contribution in [0.25, 0.3) is 0 Å². The van der Waals surface area contributed by atoms with Crippen LogP contribution in [0.3, 0.4) is 0 Å². The molecule has 0 radical (unpaired) electrons. The van der Waals surface area contributed by atoms with Crippen LogP contribution in [0, 0.1) is 5.82 Å². The zero-order chi connectivity index (χ0) is 13.8. The summed E-state index contributed by atoms with van der Waals surface area (Å²) in [6.07, 6.45) is 2.01. The molecule has 0 aliphatic heterocycles. The third-order valence-corrected chi connectivity index (χ3v) is 3.96. The maximum absolute atomic E-state index is 13.7. The lowest BCUT2D eigenvalue weighted by atomic mass is 9.85. The summed E-state index contributed by atoms with van der Waals surface area (Å²) in [4.78, 5) is 0. The molecule has 1 rings (SSSR count). The fourth-order valence-electron chi connectivity index (χ4n) is 2.34. The molecule has 0 bridgehead atoms. The molecule has 1 atom stereocenters. The molecule has 4 heteroatoms. The Hall–Kier alpha value is -0.640. The van der Waals surface area contributed by atoms with Gasteiger partial charge >= 0.3 is 0 Å². The number of methoxy groups -OCH3 is 1. The molecule has 2 nitrogen and oxygen atoms in total. The number of benzene rings is 1. The van der Waals surface area contributed by atoms with Crippen molar-refractivity contribution in [1.29, 1.82) is 0 Å². The number of ether oxygens (including phenoxy) is 1. The molecule has 0 aromatic heterocycles. The molecule has 1 unspecified atom stereocenters. The Kier molecular flexibility index (Phi) is 5.57. The van der Waals surface area contributed by atoms with Crippen LogP contribution in [-0.2, 0) is 11.2 Å². The van der Waals surface area contributed by atoms with Gasteiger partial charge in [-0.3, -0.25) is 0 Å². The second kappa shape index (κ2) is 6.50. The van der Waals surface area contributed by atoms with E-state index in [-0.39, 0.29) is 11.9 Å². The summed E-state index contributed by atoms with van der Waals surface area (Å²) in [7, 11) is 1.65. The van der Waals surface area contributed by atoms with Crippen LogP contribution in [0.15, 0.2) is 18.2 Å². The first-order chi connectivity index (χ1) is 8.49. The Morgan fingerprint density at radius 3 is 2.50 bits per heavy atom. The predicted molar refractivity (Wildman–Crippen MR) is 73.4 cm³/mol. The van der Waals surface area contributed by atoms with Gasteiger partial charge < -0.3 is 10.5 Å². The van der Waals surface area contributed by atoms with E-state index in [1.54, 1.807) is 13.2 Å². The lowest BCUT2D eigenvalue weighted by Crippen LogP contribution is -2.50. The maximum atomic E-state index is 13.7. The van der Waals surface area contributed by atoms with E-state index in [2.05, 4.69) is 0 Å². The summed E-state index contributed by atoms with van der Waals surface area (Å²) in [5.41, 5.74) is 6.33. The van der Waals surface area contributed by atoms with Gasteiger partial charge in [0.05, 0.1) is 5.60 Å². The zero-order valence-corrected chi connectivity index (χ0v) is 11.9. The molecule has 0 saturated heterocycles. The average Bonchev–Trinajstić information content (AvgIpc) is 2.37. The first kappa shape index (κ1) is 15.4. The Morgan fingerprint density at radius 2 is 2.00 bits per heavy atom. The first-order valence-corrected chi connectivity index (χ1v) is 6.61. The molecular weight excluding hydrogens is 253 g/mol. The van der Waals surface area contributed by atoms with Crippen LogP contribution < -0.4 is 5.73 Å².